The van der Waals surface area contributed by atoms with Crippen LogP contribution in [-0.2, 0) is 24.4 Å². The van der Waals surface area contributed by atoms with E-state index < -0.39 is 23.0 Å². The average Bonchev–Trinajstić information content (AvgIpc) is 3.39. The van der Waals surface area contributed by atoms with Crippen molar-refractivity contribution in [2.24, 2.45) is 5.92 Å². The van der Waals surface area contributed by atoms with Crippen LogP contribution in [0.3, 0.4) is 0 Å². The number of Topliss-reactive ketones (excluding diaryl/α,β-unsaturated/α-hetero) is 2. The van der Waals surface area contributed by atoms with Crippen LogP contribution in [-0.4, -0.2) is 34.7 Å². The number of aromatic nitrogens is 1. The fourth-order valence-electron chi connectivity index (χ4n) is 5.25. The molecule has 3 aromatic carbocycles. The van der Waals surface area contributed by atoms with E-state index in [4.69, 9.17) is 4.74 Å². The monoisotopic (exact) mass is 664 g/mol. The number of benzene rings is 3. The lowest BCUT2D eigenvalue weighted by atomic mass is 9.99. The second-order valence-corrected chi connectivity index (χ2v) is 12.5. The van der Waals surface area contributed by atoms with Crippen molar-refractivity contribution in [2.75, 3.05) is 13.7 Å². The summed E-state index contributed by atoms with van der Waals surface area (Å²) in [4.78, 5) is 42.3. The number of carbonyl (C=O) groups excluding carboxylic acids is 2. The summed E-state index contributed by atoms with van der Waals surface area (Å²) in [5.74, 6) is -1.79. The van der Waals surface area contributed by atoms with E-state index in [1.807, 2.05) is 49.5 Å². The van der Waals surface area contributed by atoms with Crippen LogP contribution in [0.25, 0.3) is 20.7 Å². The SMILES string of the molecule is CC(=O)COc1ccc(-c2sc3c(c2CN(C)Cc2ccccc2)c(=O)c(C(=O)C(C)C)cn3Cc2c(F)cccc2F)cc1.Cl. The van der Waals surface area contributed by atoms with Crippen LogP contribution in [0.15, 0.2) is 83.8 Å². The summed E-state index contributed by atoms with van der Waals surface area (Å²) >= 11 is 1.34. The van der Waals surface area contributed by atoms with Gasteiger partial charge in [0.25, 0.3) is 0 Å². The van der Waals surface area contributed by atoms with E-state index in [-0.39, 0.29) is 48.3 Å². The van der Waals surface area contributed by atoms with Gasteiger partial charge in [0, 0.05) is 35.6 Å². The van der Waals surface area contributed by atoms with E-state index in [0.717, 1.165) is 21.6 Å². The number of rotatable bonds is 12. The van der Waals surface area contributed by atoms with Gasteiger partial charge in [-0.3, -0.25) is 19.3 Å². The molecule has 0 amide bonds. The Hall–Kier alpha value is -4.18. The minimum atomic E-state index is -0.709. The first kappa shape index (κ1) is 34.7. The normalized spacial score (nSPS) is 11.2. The molecule has 0 N–H and O–H groups in total. The number of ketones is 2. The summed E-state index contributed by atoms with van der Waals surface area (Å²) in [5, 5.41) is 0.357. The van der Waals surface area contributed by atoms with Crippen molar-refractivity contribution < 1.29 is 23.1 Å². The van der Waals surface area contributed by atoms with Gasteiger partial charge in [-0.05, 0) is 67.1 Å². The molecule has 6 nitrogen and oxygen atoms in total. The fraction of sp³-hybridized carbons (Fsp3) is 0.250. The average molecular weight is 665 g/mol. The molecule has 5 aromatic rings. The Labute approximate surface area is 276 Å². The second kappa shape index (κ2) is 14.9. The Morgan fingerprint density at radius 3 is 2.17 bits per heavy atom. The van der Waals surface area contributed by atoms with E-state index in [1.54, 1.807) is 30.5 Å². The third kappa shape index (κ3) is 7.61. The highest BCUT2D eigenvalue weighted by molar-refractivity contribution is 7.22. The molecule has 0 unspecified atom stereocenters. The molecule has 5 rings (SSSR count). The van der Waals surface area contributed by atoms with Crippen molar-refractivity contribution in [3.63, 3.8) is 0 Å². The van der Waals surface area contributed by atoms with Crippen molar-refractivity contribution in [2.45, 2.75) is 40.4 Å². The topological polar surface area (TPSA) is 68.6 Å². The minimum absolute atomic E-state index is 0. The largest absolute Gasteiger partial charge is 0.486 e. The quantitative estimate of drug-likeness (QED) is 0.127. The Kier molecular flexibility index (Phi) is 11.3. The van der Waals surface area contributed by atoms with Crippen LogP contribution in [0.5, 0.6) is 5.75 Å². The van der Waals surface area contributed by atoms with Crippen molar-refractivity contribution >= 4 is 45.5 Å². The Morgan fingerprint density at radius 1 is 0.913 bits per heavy atom. The molecule has 0 spiro atoms. The predicted octanol–water partition coefficient (Wildman–Crippen LogP) is 7.92. The maximum atomic E-state index is 14.9. The van der Waals surface area contributed by atoms with Gasteiger partial charge in [0.1, 0.15) is 28.8 Å². The summed E-state index contributed by atoms with van der Waals surface area (Å²) in [5.41, 5.74) is 2.04. The van der Waals surface area contributed by atoms with Gasteiger partial charge in [0.05, 0.1) is 17.5 Å². The van der Waals surface area contributed by atoms with E-state index in [9.17, 15) is 23.2 Å². The van der Waals surface area contributed by atoms with Crippen molar-refractivity contribution in [3.8, 4) is 16.2 Å². The summed E-state index contributed by atoms with van der Waals surface area (Å²) in [6.07, 6.45) is 1.44. The molecule has 0 aliphatic rings. The van der Waals surface area contributed by atoms with Crippen LogP contribution in [0.2, 0.25) is 0 Å². The van der Waals surface area contributed by atoms with Crippen LogP contribution < -0.4 is 10.2 Å². The van der Waals surface area contributed by atoms with Gasteiger partial charge >= 0.3 is 0 Å². The standard InChI is InChI=1S/C36H34F2N2O4S.ClH/c1-22(2)33(42)29-20-40(19-27-30(37)11-8-12-31(27)38)36-32(34(29)43)28(18-39(4)17-24-9-6-5-7-10-24)35(45-36)25-13-15-26(16-14-25)44-21-23(3)41;/h5-16,20,22H,17-19,21H2,1-4H3;1H. The van der Waals surface area contributed by atoms with E-state index in [2.05, 4.69) is 4.90 Å². The zero-order valence-electron chi connectivity index (χ0n) is 26.0. The Bertz CT molecular complexity index is 1900. The zero-order chi connectivity index (χ0) is 32.2. The van der Waals surface area contributed by atoms with Gasteiger partial charge in [0.2, 0.25) is 5.43 Å². The van der Waals surface area contributed by atoms with Gasteiger partial charge in [-0.15, -0.1) is 23.7 Å². The molecular weight excluding hydrogens is 630 g/mol. The van der Waals surface area contributed by atoms with E-state index in [0.29, 0.717) is 29.1 Å². The number of hydrogen-bond acceptors (Lipinski definition) is 6. The lowest BCUT2D eigenvalue weighted by Gasteiger charge is -2.18. The first-order valence-corrected chi connectivity index (χ1v) is 15.5. The van der Waals surface area contributed by atoms with Gasteiger partial charge in [-0.25, -0.2) is 8.78 Å². The number of nitrogens with zero attached hydrogens (tertiary/aromatic N) is 2. The number of carbonyl (C=O) groups is 2. The molecule has 0 atom stereocenters. The van der Waals surface area contributed by atoms with E-state index in [1.165, 1.54) is 42.7 Å². The molecule has 46 heavy (non-hydrogen) atoms. The molecule has 240 valence electrons. The number of halogens is 3. The van der Waals surface area contributed by atoms with Crippen molar-refractivity contribution in [1.29, 1.82) is 0 Å². The molecule has 0 fully saturated rings. The molecule has 0 aliphatic heterocycles. The molecule has 0 radical (unpaired) electrons. The third-order valence-electron chi connectivity index (χ3n) is 7.47. The summed E-state index contributed by atoms with van der Waals surface area (Å²) in [6, 6.07) is 20.8. The minimum Gasteiger partial charge on any atom is -0.486 e. The number of ether oxygens (including phenoxy) is 1. The highest BCUT2D eigenvalue weighted by Crippen LogP contribution is 2.39. The molecule has 0 saturated carbocycles. The van der Waals surface area contributed by atoms with Crippen molar-refractivity contribution in [3.05, 3.63) is 123 Å². The lowest BCUT2D eigenvalue weighted by molar-refractivity contribution is -0.118. The zero-order valence-corrected chi connectivity index (χ0v) is 27.6. The van der Waals surface area contributed by atoms with E-state index >= 15 is 0 Å². The molecule has 0 saturated heterocycles. The van der Waals surface area contributed by atoms with Crippen LogP contribution in [0, 0.1) is 17.6 Å². The highest BCUT2D eigenvalue weighted by Gasteiger charge is 2.26. The maximum Gasteiger partial charge on any atom is 0.201 e. The molecule has 2 heterocycles. The smallest absolute Gasteiger partial charge is 0.201 e. The first-order valence-electron chi connectivity index (χ1n) is 14.6. The summed E-state index contributed by atoms with van der Waals surface area (Å²) < 4.78 is 36.9. The molecule has 10 heteroatoms. The van der Waals surface area contributed by atoms with Gasteiger partial charge in [-0.2, -0.15) is 0 Å². The molecular formula is C36H35ClF2N2O4S. The third-order valence-corrected chi connectivity index (χ3v) is 8.79. The second-order valence-electron chi connectivity index (χ2n) is 11.5. The summed E-state index contributed by atoms with van der Waals surface area (Å²) in [7, 11) is 1.95. The van der Waals surface area contributed by atoms with Gasteiger partial charge in [0.15, 0.2) is 11.6 Å². The Morgan fingerprint density at radius 2 is 1.57 bits per heavy atom. The molecule has 2 aromatic heterocycles. The van der Waals surface area contributed by atoms with Crippen LogP contribution >= 0.6 is 23.7 Å². The maximum absolute atomic E-state index is 14.9. The fourth-order valence-corrected chi connectivity index (χ4v) is 6.54. The number of fused-ring (bicyclic) bond motifs is 1. The van der Waals surface area contributed by atoms with Gasteiger partial charge < -0.3 is 9.30 Å². The Balaban J connectivity index is 0.00000480. The highest BCUT2D eigenvalue weighted by atomic mass is 35.5. The first-order chi connectivity index (χ1) is 21.5. The van der Waals surface area contributed by atoms with Crippen LogP contribution in [0.4, 0.5) is 8.78 Å². The lowest BCUT2D eigenvalue weighted by Crippen LogP contribution is -2.24. The van der Waals surface area contributed by atoms with Crippen LogP contribution in [0.1, 0.15) is 47.8 Å². The van der Waals surface area contributed by atoms with Crippen molar-refractivity contribution in [1.82, 2.24) is 9.47 Å². The number of pyridine rings is 1. The molecule has 0 aliphatic carbocycles. The number of hydrogen-bond donors (Lipinski definition) is 0. The number of thiophene rings is 1. The predicted molar refractivity (Wildman–Crippen MR) is 181 cm³/mol. The van der Waals surface area contributed by atoms with Gasteiger partial charge in [-0.1, -0.05) is 50.2 Å². The summed E-state index contributed by atoms with van der Waals surface area (Å²) in [6.45, 7) is 5.61. The molecule has 0 bridgehead atoms.